The third-order valence-electron chi connectivity index (χ3n) is 2.95. The molecule has 0 bridgehead atoms. The second-order valence-electron chi connectivity index (χ2n) is 3.85. The summed E-state index contributed by atoms with van der Waals surface area (Å²) in [5.74, 6) is 0. The van der Waals surface area contributed by atoms with Crippen molar-refractivity contribution in [3.05, 3.63) is 33.9 Å². The summed E-state index contributed by atoms with van der Waals surface area (Å²) < 4.78 is 3.22. The highest BCUT2D eigenvalue weighted by Crippen LogP contribution is 2.30. The molecule has 3 rings (SSSR count). The smallest absolute Gasteiger partial charge is 0.125 e. The van der Waals surface area contributed by atoms with E-state index in [-0.39, 0.29) is 0 Å². The number of aryl methyl sites for hydroxylation is 2. The fourth-order valence-electron chi connectivity index (χ4n) is 2.28. The topological polar surface area (TPSA) is 30.7 Å². The van der Waals surface area contributed by atoms with Gasteiger partial charge in [0.15, 0.2) is 0 Å². The standard InChI is InChI=1S/C12H10IN3/c1-7-10-8(3-5-14-7)9-4-6-15-12(13)11(9)16(10)2/h3-6H,1-2H3. The molecule has 16 heavy (non-hydrogen) atoms. The van der Waals surface area contributed by atoms with Crippen LogP contribution in [-0.4, -0.2) is 14.5 Å². The van der Waals surface area contributed by atoms with E-state index in [9.17, 15) is 0 Å². The Kier molecular flexibility index (Phi) is 2.14. The van der Waals surface area contributed by atoms with E-state index in [1.807, 2.05) is 19.3 Å². The summed E-state index contributed by atoms with van der Waals surface area (Å²) in [4.78, 5) is 8.69. The van der Waals surface area contributed by atoms with Crippen LogP contribution in [0.5, 0.6) is 0 Å². The van der Waals surface area contributed by atoms with Crippen molar-refractivity contribution in [3.63, 3.8) is 0 Å². The number of aromatic nitrogens is 3. The van der Waals surface area contributed by atoms with E-state index in [0.717, 1.165) is 9.39 Å². The second kappa shape index (κ2) is 3.41. The normalized spacial score (nSPS) is 11.4. The number of rotatable bonds is 0. The van der Waals surface area contributed by atoms with Crippen LogP contribution in [0.4, 0.5) is 0 Å². The zero-order valence-electron chi connectivity index (χ0n) is 9.03. The van der Waals surface area contributed by atoms with Gasteiger partial charge in [0.25, 0.3) is 0 Å². The van der Waals surface area contributed by atoms with Crippen LogP contribution in [0.1, 0.15) is 5.69 Å². The Hall–Kier alpha value is -1.17. The van der Waals surface area contributed by atoms with Gasteiger partial charge in [0.1, 0.15) is 3.70 Å². The molecule has 0 aliphatic carbocycles. The molecule has 0 amide bonds. The van der Waals surface area contributed by atoms with Crippen LogP contribution < -0.4 is 0 Å². The molecule has 3 nitrogen and oxygen atoms in total. The zero-order chi connectivity index (χ0) is 11.3. The van der Waals surface area contributed by atoms with E-state index in [1.165, 1.54) is 21.8 Å². The molecule has 0 fully saturated rings. The summed E-state index contributed by atoms with van der Waals surface area (Å²) in [5.41, 5.74) is 3.45. The molecule has 0 radical (unpaired) electrons. The summed E-state index contributed by atoms with van der Waals surface area (Å²) >= 11 is 2.28. The summed E-state index contributed by atoms with van der Waals surface area (Å²) in [6.07, 6.45) is 3.73. The maximum absolute atomic E-state index is 4.35. The molecule has 3 heterocycles. The molecule has 0 N–H and O–H groups in total. The van der Waals surface area contributed by atoms with Crippen LogP contribution in [-0.2, 0) is 7.05 Å². The van der Waals surface area contributed by atoms with Crippen molar-refractivity contribution in [1.82, 2.24) is 14.5 Å². The maximum atomic E-state index is 4.35. The monoisotopic (exact) mass is 323 g/mol. The van der Waals surface area contributed by atoms with Crippen molar-refractivity contribution >= 4 is 44.4 Å². The van der Waals surface area contributed by atoms with Crippen LogP contribution in [0.25, 0.3) is 21.8 Å². The van der Waals surface area contributed by atoms with Crippen molar-refractivity contribution in [3.8, 4) is 0 Å². The molecule has 0 aliphatic rings. The molecule has 0 saturated heterocycles. The van der Waals surface area contributed by atoms with Gasteiger partial charge in [0.05, 0.1) is 16.7 Å². The van der Waals surface area contributed by atoms with Crippen LogP contribution in [0.15, 0.2) is 24.5 Å². The number of hydrogen-bond donors (Lipinski definition) is 0. The van der Waals surface area contributed by atoms with Gasteiger partial charge in [-0.15, -0.1) is 0 Å². The molecule has 3 aromatic heterocycles. The average molecular weight is 323 g/mol. The van der Waals surface area contributed by atoms with Gasteiger partial charge >= 0.3 is 0 Å². The largest absolute Gasteiger partial charge is 0.340 e. The predicted octanol–water partition coefficient (Wildman–Crippen LogP) is 3.03. The SMILES string of the molecule is Cc1nccc2c3ccnc(I)c3n(C)c12. The molecule has 0 aliphatic heterocycles. The van der Waals surface area contributed by atoms with Crippen LogP contribution in [0.2, 0.25) is 0 Å². The van der Waals surface area contributed by atoms with Gasteiger partial charge in [-0.2, -0.15) is 0 Å². The van der Waals surface area contributed by atoms with Crippen molar-refractivity contribution < 1.29 is 0 Å². The quantitative estimate of drug-likeness (QED) is 0.470. The Morgan fingerprint density at radius 1 is 1.06 bits per heavy atom. The number of fused-ring (bicyclic) bond motifs is 3. The third kappa shape index (κ3) is 1.19. The number of halogens is 1. The van der Waals surface area contributed by atoms with Crippen LogP contribution >= 0.6 is 22.6 Å². The van der Waals surface area contributed by atoms with Crippen molar-refractivity contribution in [2.45, 2.75) is 6.92 Å². The Morgan fingerprint density at radius 2 is 1.69 bits per heavy atom. The molecular weight excluding hydrogens is 313 g/mol. The minimum absolute atomic E-state index is 1.04. The highest BCUT2D eigenvalue weighted by molar-refractivity contribution is 14.1. The predicted molar refractivity (Wildman–Crippen MR) is 73.5 cm³/mol. The van der Waals surface area contributed by atoms with E-state index in [4.69, 9.17) is 0 Å². The number of nitrogens with zero attached hydrogens (tertiary/aromatic N) is 3. The molecule has 0 aromatic carbocycles. The lowest BCUT2D eigenvalue weighted by Gasteiger charge is -2.00. The Morgan fingerprint density at radius 3 is 2.44 bits per heavy atom. The molecule has 80 valence electrons. The minimum Gasteiger partial charge on any atom is -0.340 e. The van der Waals surface area contributed by atoms with Gasteiger partial charge in [0.2, 0.25) is 0 Å². The van der Waals surface area contributed by atoms with Crippen LogP contribution in [0.3, 0.4) is 0 Å². The lowest BCUT2D eigenvalue weighted by atomic mass is 10.2. The summed E-state index contributed by atoms with van der Waals surface area (Å²) in [5, 5.41) is 2.51. The van der Waals surface area contributed by atoms with E-state index in [0.29, 0.717) is 0 Å². The van der Waals surface area contributed by atoms with Gasteiger partial charge in [-0.05, 0) is 41.6 Å². The van der Waals surface area contributed by atoms with Gasteiger partial charge in [0, 0.05) is 30.2 Å². The first-order chi connectivity index (χ1) is 7.70. The molecule has 4 heteroatoms. The highest BCUT2D eigenvalue weighted by atomic mass is 127. The Balaban J connectivity index is 2.70. The summed E-state index contributed by atoms with van der Waals surface area (Å²) in [7, 11) is 2.07. The van der Waals surface area contributed by atoms with Gasteiger partial charge in [-0.25, -0.2) is 4.98 Å². The number of pyridine rings is 2. The van der Waals surface area contributed by atoms with Crippen LogP contribution in [0, 0.1) is 10.6 Å². The first kappa shape index (κ1) is 10.0. The lowest BCUT2D eigenvalue weighted by Crippen LogP contribution is -1.93. The molecule has 0 unspecified atom stereocenters. The van der Waals surface area contributed by atoms with E-state index >= 15 is 0 Å². The first-order valence-electron chi connectivity index (χ1n) is 5.04. The first-order valence-corrected chi connectivity index (χ1v) is 6.12. The molecule has 3 aromatic rings. The average Bonchev–Trinajstić information content (AvgIpc) is 2.56. The summed E-state index contributed by atoms with van der Waals surface area (Å²) in [6.45, 7) is 2.04. The molecular formula is C12H10IN3. The Bertz CT molecular complexity index is 641. The van der Waals surface area contributed by atoms with Gasteiger partial charge in [-0.1, -0.05) is 0 Å². The molecule has 0 atom stereocenters. The van der Waals surface area contributed by atoms with Gasteiger partial charge in [-0.3, -0.25) is 4.98 Å². The molecule has 0 saturated carbocycles. The van der Waals surface area contributed by atoms with Crippen molar-refractivity contribution in [2.24, 2.45) is 7.05 Å². The third-order valence-corrected chi connectivity index (χ3v) is 3.74. The van der Waals surface area contributed by atoms with E-state index < -0.39 is 0 Å². The maximum Gasteiger partial charge on any atom is 0.125 e. The fourth-order valence-corrected chi connectivity index (χ4v) is 3.09. The minimum atomic E-state index is 1.04. The van der Waals surface area contributed by atoms with E-state index in [1.54, 1.807) is 0 Å². The fraction of sp³-hybridized carbons (Fsp3) is 0.167. The highest BCUT2D eigenvalue weighted by Gasteiger charge is 2.12. The Labute approximate surface area is 107 Å². The van der Waals surface area contributed by atoms with Gasteiger partial charge < -0.3 is 4.57 Å². The van der Waals surface area contributed by atoms with Crippen molar-refractivity contribution in [1.29, 1.82) is 0 Å². The van der Waals surface area contributed by atoms with Crippen molar-refractivity contribution in [2.75, 3.05) is 0 Å². The summed E-state index contributed by atoms with van der Waals surface area (Å²) in [6, 6.07) is 4.14. The zero-order valence-corrected chi connectivity index (χ0v) is 11.2. The van der Waals surface area contributed by atoms with E-state index in [2.05, 4.69) is 56.3 Å². The number of hydrogen-bond acceptors (Lipinski definition) is 2. The molecule has 0 spiro atoms. The lowest BCUT2D eigenvalue weighted by molar-refractivity contribution is 0.987. The second-order valence-corrected chi connectivity index (χ2v) is 4.87.